The second-order valence-corrected chi connectivity index (χ2v) is 6.62. The van der Waals surface area contributed by atoms with E-state index in [-0.39, 0.29) is 5.43 Å². The zero-order valence-corrected chi connectivity index (χ0v) is 13.7. The van der Waals surface area contributed by atoms with Crippen molar-refractivity contribution in [2.75, 3.05) is 19.6 Å². The van der Waals surface area contributed by atoms with Crippen molar-refractivity contribution in [3.05, 3.63) is 46.4 Å². The van der Waals surface area contributed by atoms with Crippen molar-refractivity contribution in [3.63, 3.8) is 0 Å². The molecule has 4 rings (SSSR count). The molecule has 0 bridgehead atoms. The standard InChI is InChI=1S/C19H22FN3O/c20-12-14-10-17-16-5-4-15(24)11-18(16)23(19(17)13-21-14)9-8-22-6-2-1-3-7-22/h4-5,10-11,13,21H,1-3,6-9,12H2. The summed E-state index contributed by atoms with van der Waals surface area (Å²) in [6.45, 7) is 3.61. The number of rotatable bonds is 4. The number of alkyl halides is 1. The Morgan fingerprint density at radius 1 is 1.00 bits per heavy atom. The van der Waals surface area contributed by atoms with Gasteiger partial charge in [0, 0.05) is 41.8 Å². The Bertz CT molecular complexity index is 921. The Morgan fingerprint density at radius 3 is 2.62 bits per heavy atom. The van der Waals surface area contributed by atoms with Crippen LogP contribution in [0.15, 0.2) is 35.3 Å². The number of piperidine rings is 1. The van der Waals surface area contributed by atoms with E-state index in [2.05, 4.69) is 14.5 Å². The van der Waals surface area contributed by atoms with Crippen molar-refractivity contribution in [2.24, 2.45) is 0 Å². The number of aromatic amines is 1. The van der Waals surface area contributed by atoms with Crippen LogP contribution in [0.2, 0.25) is 0 Å². The highest BCUT2D eigenvalue weighted by Gasteiger charge is 2.14. The Balaban J connectivity index is 1.78. The molecule has 3 heterocycles. The van der Waals surface area contributed by atoms with Crippen LogP contribution >= 0.6 is 0 Å². The third-order valence-corrected chi connectivity index (χ3v) is 5.06. The fourth-order valence-corrected chi connectivity index (χ4v) is 3.80. The summed E-state index contributed by atoms with van der Waals surface area (Å²) in [5.74, 6) is 0. The molecule has 126 valence electrons. The molecule has 5 heteroatoms. The van der Waals surface area contributed by atoms with Gasteiger partial charge in [-0.2, -0.15) is 0 Å². The van der Waals surface area contributed by atoms with E-state index in [1.165, 1.54) is 19.3 Å². The quantitative estimate of drug-likeness (QED) is 0.797. The Morgan fingerprint density at radius 2 is 1.83 bits per heavy atom. The van der Waals surface area contributed by atoms with Crippen LogP contribution in [0, 0.1) is 0 Å². The maximum atomic E-state index is 13.0. The lowest BCUT2D eigenvalue weighted by Gasteiger charge is -2.26. The predicted octanol–water partition coefficient (Wildman–Crippen LogP) is 3.44. The molecule has 0 saturated carbocycles. The van der Waals surface area contributed by atoms with Crippen LogP contribution in [-0.2, 0) is 13.2 Å². The average Bonchev–Trinajstić information content (AvgIpc) is 2.92. The first-order chi connectivity index (χ1) is 11.8. The minimum absolute atomic E-state index is 0.0132. The number of aromatic nitrogens is 2. The zero-order chi connectivity index (χ0) is 16.5. The van der Waals surface area contributed by atoms with E-state index >= 15 is 0 Å². The topological polar surface area (TPSA) is 41.0 Å². The molecule has 1 N–H and O–H groups in total. The number of hydrogen-bond acceptors (Lipinski definition) is 2. The number of benzene rings is 1. The van der Waals surface area contributed by atoms with E-state index < -0.39 is 6.67 Å². The van der Waals surface area contributed by atoms with Gasteiger partial charge in [0.1, 0.15) is 6.67 Å². The molecule has 0 spiro atoms. The van der Waals surface area contributed by atoms with E-state index in [0.29, 0.717) is 5.69 Å². The number of halogens is 1. The molecule has 4 nitrogen and oxygen atoms in total. The Hall–Kier alpha value is -2.14. The van der Waals surface area contributed by atoms with Gasteiger partial charge in [0.2, 0.25) is 0 Å². The Labute approximate surface area is 139 Å². The molecule has 0 amide bonds. The molecule has 1 aliphatic heterocycles. The normalized spacial score (nSPS) is 16.2. The summed E-state index contributed by atoms with van der Waals surface area (Å²) in [7, 11) is 0. The van der Waals surface area contributed by atoms with Crippen LogP contribution in [-0.4, -0.2) is 34.1 Å². The highest BCUT2D eigenvalue weighted by Crippen LogP contribution is 2.28. The number of nitrogens with zero attached hydrogens (tertiary/aromatic N) is 2. The molecule has 0 radical (unpaired) electrons. The van der Waals surface area contributed by atoms with Crippen LogP contribution in [0.1, 0.15) is 25.0 Å². The van der Waals surface area contributed by atoms with Crippen LogP contribution in [0.4, 0.5) is 4.39 Å². The Kier molecular flexibility index (Phi) is 4.10. The molecule has 1 saturated heterocycles. The molecule has 1 aromatic carbocycles. The maximum Gasteiger partial charge on any atom is 0.180 e. The van der Waals surface area contributed by atoms with Gasteiger partial charge in [0.05, 0.1) is 11.0 Å². The van der Waals surface area contributed by atoms with Crippen molar-refractivity contribution in [2.45, 2.75) is 32.5 Å². The number of fused-ring (bicyclic) bond motifs is 3. The van der Waals surface area contributed by atoms with Crippen molar-refractivity contribution in [1.29, 1.82) is 0 Å². The lowest BCUT2D eigenvalue weighted by molar-refractivity contribution is 0.222. The van der Waals surface area contributed by atoms with Gasteiger partial charge in [-0.1, -0.05) is 6.42 Å². The fraction of sp³-hybridized carbons (Fsp3) is 0.421. The lowest BCUT2D eigenvalue weighted by Crippen LogP contribution is -2.32. The van der Waals surface area contributed by atoms with E-state index in [9.17, 15) is 9.18 Å². The van der Waals surface area contributed by atoms with E-state index in [1.54, 1.807) is 12.1 Å². The molecule has 2 aromatic heterocycles. The smallest absolute Gasteiger partial charge is 0.180 e. The number of nitrogens with one attached hydrogen (secondary N) is 1. The molecule has 1 aliphatic rings. The summed E-state index contributed by atoms with van der Waals surface area (Å²) in [5.41, 5.74) is 2.55. The molecular formula is C19H22FN3O. The van der Waals surface area contributed by atoms with Crippen molar-refractivity contribution >= 4 is 21.8 Å². The van der Waals surface area contributed by atoms with Crippen LogP contribution < -0.4 is 5.43 Å². The first kappa shape index (κ1) is 15.4. The molecule has 1 fully saturated rings. The van der Waals surface area contributed by atoms with Gasteiger partial charge >= 0.3 is 0 Å². The van der Waals surface area contributed by atoms with Crippen LogP contribution in [0.25, 0.3) is 21.8 Å². The van der Waals surface area contributed by atoms with Gasteiger partial charge in [-0.25, -0.2) is 4.39 Å². The molecule has 24 heavy (non-hydrogen) atoms. The third-order valence-electron chi connectivity index (χ3n) is 5.06. The second kappa shape index (κ2) is 6.40. The summed E-state index contributed by atoms with van der Waals surface area (Å²) in [4.78, 5) is 17.4. The van der Waals surface area contributed by atoms with E-state index in [1.807, 2.05) is 18.3 Å². The highest BCUT2D eigenvalue weighted by atomic mass is 19.1. The van der Waals surface area contributed by atoms with Crippen LogP contribution in [0.3, 0.4) is 0 Å². The lowest BCUT2D eigenvalue weighted by atomic mass is 10.1. The third kappa shape index (κ3) is 2.73. The summed E-state index contributed by atoms with van der Waals surface area (Å²) < 4.78 is 15.2. The van der Waals surface area contributed by atoms with Gasteiger partial charge in [-0.15, -0.1) is 0 Å². The number of likely N-dealkylation sites (tertiary alicyclic amines) is 1. The van der Waals surface area contributed by atoms with Gasteiger partial charge in [0.25, 0.3) is 0 Å². The maximum absolute atomic E-state index is 13.0. The van der Waals surface area contributed by atoms with Gasteiger partial charge in [-0.05, 0) is 44.1 Å². The molecular weight excluding hydrogens is 305 g/mol. The predicted molar refractivity (Wildman–Crippen MR) is 95.2 cm³/mol. The fourth-order valence-electron chi connectivity index (χ4n) is 3.80. The van der Waals surface area contributed by atoms with E-state index in [0.717, 1.165) is 48.0 Å². The molecule has 3 aromatic rings. The van der Waals surface area contributed by atoms with E-state index in [4.69, 9.17) is 0 Å². The minimum Gasteiger partial charge on any atom is -0.361 e. The summed E-state index contributed by atoms with van der Waals surface area (Å²) in [6.07, 6.45) is 5.73. The highest BCUT2D eigenvalue weighted by molar-refractivity contribution is 6.07. The molecule has 0 unspecified atom stereocenters. The number of pyridine rings is 1. The van der Waals surface area contributed by atoms with Crippen molar-refractivity contribution < 1.29 is 4.39 Å². The van der Waals surface area contributed by atoms with Crippen molar-refractivity contribution in [1.82, 2.24) is 14.5 Å². The summed E-state index contributed by atoms with van der Waals surface area (Å²) in [6, 6.07) is 7.00. The van der Waals surface area contributed by atoms with Crippen LogP contribution in [0.5, 0.6) is 0 Å². The monoisotopic (exact) mass is 327 g/mol. The first-order valence-electron chi connectivity index (χ1n) is 8.68. The second-order valence-electron chi connectivity index (χ2n) is 6.62. The first-order valence-corrected chi connectivity index (χ1v) is 8.68. The summed E-state index contributed by atoms with van der Waals surface area (Å²) in [5, 5.41) is 2.03. The molecule has 0 aliphatic carbocycles. The number of H-pyrrole nitrogens is 1. The van der Waals surface area contributed by atoms with Gasteiger partial charge in [-0.3, -0.25) is 4.79 Å². The minimum atomic E-state index is -0.518. The average molecular weight is 327 g/mol. The SMILES string of the molecule is O=c1ccc2c3cc(CF)[nH]cc3n(CCN3CCCCC3)c2c1. The zero-order valence-electron chi connectivity index (χ0n) is 13.7. The largest absolute Gasteiger partial charge is 0.361 e. The van der Waals surface area contributed by atoms with Gasteiger partial charge < -0.3 is 14.5 Å². The van der Waals surface area contributed by atoms with Gasteiger partial charge in [0.15, 0.2) is 5.43 Å². The number of hydrogen-bond donors (Lipinski definition) is 1. The summed E-state index contributed by atoms with van der Waals surface area (Å²) >= 11 is 0. The molecule has 0 atom stereocenters. The van der Waals surface area contributed by atoms with Crippen molar-refractivity contribution in [3.8, 4) is 0 Å².